The molecule has 0 aromatic heterocycles. The normalized spacial score (nSPS) is 12.5. The Morgan fingerprint density at radius 3 is 2.53 bits per heavy atom. The predicted octanol–water partition coefficient (Wildman–Crippen LogP) is 4.66. The van der Waals surface area contributed by atoms with E-state index in [4.69, 9.17) is 11.6 Å². The van der Waals surface area contributed by atoms with Crippen molar-refractivity contribution >= 4 is 27.5 Å². The van der Waals surface area contributed by atoms with Crippen molar-refractivity contribution in [3.8, 4) is 0 Å². The Kier molecular flexibility index (Phi) is 4.55. The van der Waals surface area contributed by atoms with Gasteiger partial charge in [0.25, 0.3) is 0 Å². The fraction of sp³-hybridized carbons (Fsp3) is 0.143. The molecule has 0 heterocycles. The number of hydrogen-bond donors (Lipinski definition) is 1. The first-order chi connectivity index (χ1) is 8.97. The van der Waals surface area contributed by atoms with E-state index in [1.54, 1.807) is 18.2 Å². The van der Waals surface area contributed by atoms with Gasteiger partial charge in [0.2, 0.25) is 0 Å². The second-order valence-corrected chi connectivity index (χ2v) is 5.46. The van der Waals surface area contributed by atoms with Crippen molar-refractivity contribution in [3.05, 3.63) is 68.7 Å². The molecule has 0 amide bonds. The molecule has 0 fully saturated rings. The van der Waals surface area contributed by atoms with Gasteiger partial charge in [-0.15, -0.1) is 0 Å². The molecule has 2 aromatic carbocycles. The Morgan fingerprint density at radius 2 is 1.84 bits per heavy atom. The number of benzene rings is 2. The van der Waals surface area contributed by atoms with Gasteiger partial charge < -0.3 is 5.11 Å². The van der Waals surface area contributed by atoms with Crippen LogP contribution in [0.4, 0.5) is 8.78 Å². The van der Waals surface area contributed by atoms with E-state index in [0.29, 0.717) is 16.1 Å². The lowest BCUT2D eigenvalue weighted by molar-refractivity contribution is 0.178. The maximum atomic E-state index is 13.1. The van der Waals surface area contributed by atoms with E-state index in [1.165, 1.54) is 6.07 Å². The quantitative estimate of drug-likeness (QED) is 0.856. The summed E-state index contributed by atoms with van der Waals surface area (Å²) in [6.07, 6.45) is -0.720. The molecule has 0 bridgehead atoms. The van der Waals surface area contributed by atoms with Crippen LogP contribution in [-0.4, -0.2) is 5.11 Å². The van der Waals surface area contributed by atoms with Crippen molar-refractivity contribution in [3.63, 3.8) is 0 Å². The third-order valence-electron chi connectivity index (χ3n) is 2.73. The maximum absolute atomic E-state index is 13.1. The van der Waals surface area contributed by atoms with Gasteiger partial charge in [-0.3, -0.25) is 0 Å². The van der Waals surface area contributed by atoms with E-state index in [1.807, 2.05) is 0 Å². The zero-order chi connectivity index (χ0) is 14.0. The van der Waals surface area contributed by atoms with Crippen LogP contribution in [-0.2, 0) is 6.42 Å². The first kappa shape index (κ1) is 14.4. The van der Waals surface area contributed by atoms with Gasteiger partial charge in [0, 0.05) is 21.5 Å². The standard InChI is InChI=1S/C14H10BrClF2O/c15-9-2-3-11(16)10(7-9)14(19)6-8-1-4-12(17)13(18)5-8/h1-5,7,14,19H,6H2. The van der Waals surface area contributed by atoms with Crippen LogP contribution in [0.5, 0.6) is 0 Å². The lowest BCUT2D eigenvalue weighted by Gasteiger charge is -2.13. The molecule has 0 aliphatic heterocycles. The van der Waals surface area contributed by atoms with E-state index in [0.717, 1.165) is 16.6 Å². The van der Waals surface area contributed by atoms with Crippen LogP contribution < -0.4 is 0 Å². The van der Waals surface area contributed by atoms with Crippen LogP contribution >= 0.6 is 27.5 Å². The summed E-state index contributed by atoms with van der Waals surface area (Å²) in [5, 5.41) is 10.5. The lowest BCUT2D eigenvalue weighted by atomic mass is 10.0. The number of aliphatic hydroxyl groups is 1. The van der Waals surface area contributed by atoms with Crippen molar-refractivity contribution in [1.29, 1.82) is 0 Å². The third kappa shape index (κ3) is 3.53. The molecule has 0 aliphatic carbocycles. The first-order valence-electron chi connectivity index (χ1n) is 5.54. The molecule has 1 unspecified atom stereocenters. The van der Waals surface area contributed by atoms with E-state index in [2.05, 4.69) is 15.9 Å². The van der Waals surface area contributed by atoms with Crippen molar-refractivity contribution < 1.29 is 13.9 Å². The summed E-state index contributed by atoms with van der Waals surface area (Å²) in [6.45, 7) is 0. The second kappa shape index (κ2) is 5.99. The molecule has 2 aromatic rings. The zero-order valence-corrected chi connectivity index (χ0v) is 12.0. The van der Waals surface area contributed by atoms with Crippen molar-refractivity contribution in [1.82, 2.24) is 0 Å². The average Bonchev–Trinajstić information content (AvgIpc) is 2.36. The highest BCUT2D eigenvalue weighted by Gasteiger charge is 2.14. The summed E-state index contributed by atoms with van der Waals surface area (Å²) in [5.74, 6) is -1.83. The molecule has 100 valence electrons. The Morgan fingerprint density at radius 1 is 1.11 bits per heavy atom. The molecule has 5 heteroatoms. The van der Waals surface area contributed by atoms with Gasteiger partial charge in [-0.05, 0) is 35.9 Å². The maximum Gasteiger partial charge on any atom is 0.159 e. The molecule has 1 nitrogen and oxygen atoms in total. The van der Waals surface area contributed by atoms with E-state index in [9.17, 15) is 13.9 Å². The summed E-state index contributed by atoms with van der Waals surface area (Å²) in [6, 6.07) is 8.68. The third-order valence-corrected chi connectivity index (χ3v) is 3.57. The van der Waals surface area contributed by atoms with Gasteiger partial charge >= 0.3 is 0 Å². The van der Waals surface area contributed by atoms with Crippen molar-refractivity contribution in [2.24, 2.45) is 0 Å². The highest BCUT2D eigenvalue weighted by molar-refractivity contribution is 9.10. The fourth-order valence-electron chi connectivity index (χ4n) is 1.77. The fourth-order valence-corrected chi connectivity index (χ4v) is 2.39. The van der Waals surface area contributed by atoms with Gasteiger partial charge in [-0.1, -0.05) is 33.6 Å². The van der Waals surface area contributed by atoms with Gasteiger partial charge in [0.15, 0.2) is 11.6 Å². The molecule has 0 aliphatic rings. The van der Waals surface area contributed by atoms with Gasteiger partial charge in [-0.2, -0.15) is 0 Å². The van der Waals surface area contributed by atoms with Crippen LogP contribution in [0.1, 0.15) is 17.2 Å². The monoisotopic (exact) mass is 346 g/mol. The van der Waals surface area contributed by atoms with Crippen LogP contribution in [0, 0.1) is 11.6 Å². The Bertz CT molecular complexity index is 604. The lowest BCUT2D eigenvalue weighted by Crippen LogP contribution is -2.03. The van der Waals surface area contributed by atoms with Gasteiger partial charge in [0.05, 0.1) is 6.10 Å². The van der Waals surface area contributed by atoms with Crippen LogP contribution in [0.15, 0.2) is 40.9 Å². The average molecular weight is 348 g/mol. The van der Waals surface area contributed by atoms with E-state index < -0.39 is 17.7 Å². The molecule has 0 saturated heterocycles. The Balaban J connectivity index is 2.22. The minimum absolute atomic E-state index is 0.160. The molecule has 1 N–H and O–H groups in total. The number of halogens is 4. The van der Waals surface area contributed by atoms with E-state index >= 15 is 0 Å². The first-order valence-corrected chi connectivity index (χ1v) is 6.71. The largest absolute Gasteiger partial charge is 0.388 e. The summed E-state index contributed by atoms with van der Waals surface area (Å²) in [4.78, 5) is 0. The summed E-state index contributed by atoms with van der Waals surface area (Å²) in [5.41, 5.74) is 1.04. The summed E-state index contributed by atoms with van der Waals surface area (Å²) < 4.78 is 26.7. The molecule has 0 radical (unpaired) electrons. The SMILES string of the molecule is OC(Cc1ccc(F)c(F)c1)c1cc(Br)ccc1Cl. The zero-order valence-electron chi connectivity index (χ0n) is 9.71. The van der Waals surface area contributed by atoms with Crippen molar-refractivity contribution in [2.75, 3.05) is 0 Å². The predicted molar refractivity (Wildman–Crippen MR) is 74.2 cm³/mol. The van der Waals surface area contributed by atoms with Crippen LogP contribution in [0.2, 0.25) is 5.02 Å². The van der Waals surface area contributed by atoms with Crippen LogP contribution in [0.3, 0.4) is 0 Å². The highest BCUT2D eigenvalue weighted by atomic mass is 79.9. The molecule has 19 heavy (non-hydrogen) atoms. The summed E-state index contributed by atoms with van der Waals surface area (Å²) >= 11 is 9.29. The Hall–Kier alpha value is -0.970. The van der Waals surface area contributed by atoms with Crippen molar-refractivity contribution in [2.45, 2.75) is 12.5 Å². The van der Waals surface area contributed by atoms with Crippen LogP contribution in [0.25, 0.3) is 0 Å². The molecule has 1 atom stereocenters. The minimum Gasteiger partial charge on any atom is -0.388 e. The van der Waals surface area contributed by atoms with Gasteiger partial charge in [0.1, 0.15) is 0 Å². The second-order valence-electron chi connectivity index (χ2n) is 4.13. The number of aliphatic hydroxyl groups excluding tert-OH is 1. The molecule has 0 saturated carbocycles. The van der Waals surface area contributed by atoms with Gasteiger partial charge in [-0.25, -0.2) is 8.78 Å². The Labute approximate surface area is 123 Å². The molecular weight excluding hydrogens is 338 g/mol. The van der Waals surface area contributed by atoms with E-state index in [-0.39, 0.29) is 6.42 Å². The minimum atomic E-state index is -0.926. The number of hydrogen-bond acceptors (Lipinski definition) is 1. The molecule has 2 rings (SSSR count). The topological polar surface area (TPSA) is 20.2 Å². The molecular formula is C14H10BrClF2O. The smallest absolute Gasteiger partial charge is 0.159 e. The summed E-state index contributed by atoms with van der Waals surface area (Å²) in [7, 11) is 0. The highest BCUT2D eigenvalue weighted by Crippen LogP contribution is 2.28. The number of rotatable bonds is 3. The molecule has 0 spiro atoms.